The van der Waals surface area contributed by atoms with Gasteiger partial charge in [0.05, 0.1) is 0 Å². The quantitative estimate of drug-likeness (QED) is 0.907. The first-order valence-electron chi connectivity index (χ1n) is 5.99. The molecule has 1 aliphatic heterocycles. The fraction of sp³-hybridized carbons (Fsp3) is 0.462. The van der Waals surface area contributed by atoms with Gasteiger partial charge in [0.15, 0.2) is 0 Å². The fourth-order valence-corrected chi connectivity index (χ4v) is 2.44. The largest absolute Gasteiger partial charge is 0.335 e. The maximum atomic E-state index is 13.5. The summed E-state index contributed by atoms with van der Waals surface area (Å²) in [6.45, 7) is 2.81. The number of hydrogen-bond donors (Lipinski definition) is 1. The Morgan fingerprint density at radius 1 is 1.42 bits per heavy atom. The van der Waals surface area contributed by atoms with Crippen molar-refractivity contribution >= 4 is 18.3 Å². The van der Waals surface area contributed by atoms with E-state index < -0.39 is 23.1 Å². The molecule has 0 saturated carbocycles. The molecule has 1 heterocycles. The van der Waals surface area contributed by atoms with Crippen LogP contribution < -0.4 is 5.73 Å². The van der Waals surface area contributed by atoms with E-state index in [9.17, 15) is 13.6 Å². The summed E-state index contributed by atoms with van der Waals surface area (Å²) in [6.07, 6.45) is 0.776. The van der Waals surface area contributed by atoms with E-state index in [-0.39, 0.29) is 24.4 Å². The van der Waals surface area contributed by atoms with E-state index in [0.29, 0.717) is 13.1 Å². The Morgan fingerprint density at radius 2 is 2.00 bits per heavy atom. The van der Waals surface area contributed by atoms with Gasteiger partial charge in [-0.1, -0.05) is 6.07 Å². The Kier molecular flexibility index (Phi) is 5.26. The normalized spacial score (nSPS) is 22.2. The van der Waals surface area contributed by atoms with E-state index in [2.05, 4.69) is 0 Å². The highest BCUT2D eigenvalue weighted by atomic mass is 35.5. The van der Waals surface area contributed by atoms with Gasteiger partial charge in [0.2, 0.25) is 0 Å². The number of rotatable bonds is 2. The van der Waals surface area contributed by atoms with Crippen molar-refractivity contribution in [3.05, 3.63) is 35.4 Å². The van der Waals surface area contributed by atoms with Gasteiger partial charge in [0.25, 0.3) is 5.91 Å². The first-order valence-corrected chi connectivity index (χ1v) is 5.99. The van der Waals surface area contributed by atoms with Crippen LogP contribution in [0.5, 0.6) is 0 Å². The maximum absolute atomic E-state index is 13.5. The molecular weight excluding hydrogens is 274 g/mol. The molecule has 1 saturated heterocycles. The maximum Gasteiger partial charge on any atom is 0.260 e. The number of halogens is 3. The van der Waals surface area contributed by atoms with Gasteiger partial charge >= 0.3 is 0 Å². The Hall–Kier alpha value is -1.20. The number of carbonyl (C=O) groups excluding carboxylic acids is 1. The molecule has 19 heavy (non-hydrogen) atoms. The molecule has 1 aromatic rings. The molecule has 2 rings (SSSR count). The molecular formula is C13H17ClF2N2O. The van der Waals surface area contributed by atoms with Crippen LogP contribution in [0, 0.1) is 17.6 Å². The molecule has 0 radical (unpaired) electrons. The van der Waals surface area contributed by atoms with E-state index >= 15 is 0 Å². The minimum absolute atomic E-state index is 0. The van der Waals surface area contributed by atoms with E-state index in [1.165, 1.54) is 11.0 Å². The van der Waals surface area contributed by atoms with Crippen LogP contribution in [0.25, 0.3) is 0 Å². The molecule has 2 atom stereocenters. The Balaban J connectivity index is 0.00000180. The Morgan fingerprint density at radius 3 is 2.47 bits per heavy atom. The summed E-state index contributed by atoms with van der Waals surface area (Å²) in [6, 6.07) is 3.40. The van der Waals surface area contributed by atoms with Crippen LogP contribution in [0.3, 0.4) is 0 Å². The summed E-state index contributed by atoms with van der Waals surface area (Å²) in [5.74, 6) is -2.01. The van der Waals surface area contributed by atoms with Crippen molar-refractivity contribution in [2.45, 2.75) is 19.4 Å². The molecule has 2 unspecified atom stereocenters. The second kappa shape index (κ2) is 6.30. The van der Waals surface area contributed by atoms with E-state index in [1.807, 2.05) is 6.92 Å². The smallest absolute Gasteiger partial charge is 0.260 e. The van der Waals surface area contributed by atoms with Crippen molar-refractivity contribution < 1.29 is 13.6 Å². The molecule has 1 amide bonds. The SMILES string of the molecule is CC1CC(CN)CN1C(=O)c1c(F)cccc1F.Cl. The van der Waals surface area contributed by atoms with Crippen LogP contribution in [-0.4, -0.2) is 29.9 Å². The van der Waals surface area contributed by atoms with Crippen molar-refractivity contribution in [1.29, 1.82) is 0 Å². The minimum Gasteiger partial charge on any atom is -0.335 e. The van der Waals surface area contributed by atoms with Gasteiger partial charge < -0.3 is 10.6 Å². The molecule has 0 spiro atoms. The third-order valence-corrected chi connectivity index (χ3v) is 3.43. The van der Waals surface area contributed by atoms with Gasteiger partial charge in [0, 0.05) is 12.6 Å². The summed E-state index contributed by atoms with van der Waals surface area (Å²) in [7, 11) is 0. The second-order valence-corrected chi connectivity index (χ2v) is 4.74. The third kappa shape index (κ3) is 3.04. The average molecular weight is 291 g/mol. The van der Waals surface area contributed by atoms with Crippen molar-refractivity contribution in [3.63, 3.8) is 0 Å². The summed E-state index contributed by atoms with van der Waals surface area (Å²) in [4.78, 5) is 13.7. The van der Waals surface area contributed by atoms with E-state index in [1.54, 1.807) is 0 Å². The van der Waals surface area contributed by atoms with Crippen LogP contribution in [-0.2, 0) is 0 Å². The van der Waals surface area contributed by atoms with E-state index in [4.69, 9.17) is 5.73 Å². The summed E-state index contributed by atoms with van der Waals surface area (Å²) >= 11 is 0. The van der Waals surface area contributed by atoms with Gasteiger partial charge in [-0.3, -0.25) is 4.79 Å². The first-order chi connectivity index (χ1) is 8.54. The summed E-state index contributed by atoms with van der Waals surface area (Å²) in [5, 5.41) is 0. The van der Waals surface area contributed by atoms with Gasteiger partial charge in [-0.15, -0.1) is 12.4 Å². The molecule has 0 bridgehead atoms. The molecule has 6 heteroatoms. The fourth-order valence-electron chi connectivity index (χ4n) is 2.44. The van der Waals surface area contributed by atoms with Crippen molar-refractivity contribution in [3.8, 4) is 0 Å². The van der Waals surface area contributed by atoms with Crippen molar-refractivity contribution in [1.82, 2.24) is 4.90 Å². The molecule has 106 valence electrons. The lowest BCUT2D eigenvalue weighted by Gasteiger charge is -2.22. The lowest BCUT2D eigenvalue weighted by Crippen LogP contribution is -2.35. The van der Waals surface area contributed by atoms with Crippen molar-refractivity contribution in [2.24, 2.45) is 11.7 Å². The zero-order chi connectivity index (χ0) is 13.3. The minimum atomic E-state index is -0.816. The highest BCUT2D eigenvalue weighted by molar-refractivity contribution is 5.95. The lowest BCUT2D eigenvalue weighted by atomic mass is 10.1. The van der Waals surface area contributed by atoms with Crippen LogP contribution in [0.15, 0.2) is 18.2 Å². The van der Waals surface area contributed by atoms with Crippen LogP contribution in [0.1, 0.15) is 23.7 Å². The number of likely N-dealkylation sites (tertiary alicyclic amines) is 1. The number of amides is 1. The van der Waals surface area contributed by atoms with Gasteiger partial charge in [-0.05, 0) is 37.9 Å². The molecule has 3 nitrogen and oxygen atoms in total. The van der Waals surface area contributed by atoms with Gasteiger partial charge in [0.1, 0.15) is 17.2 Å². The van der Waals surface area contributed by atoms with Crippen LogP contribution >= 0.6 is 12.4 Å². The number of carbonyl (C=O) groups is 1. The third-order valence-electron chi connectivity index (χ3n) is 3.43. The summed E-state index contributed by atoms with van der Waals surface area (Å²) < 4.78 is 27.1. The highest BCUT2D eigenvalue weighted by Crippen LogP contribution is 2.25. The first kappa shape index (κ1) is 15.9. The molecule has 1 aliphatic rings. The number of benzene rings is 1. The molecule has 1 fully saturated rings. The predicted octanol–water partition coefficient (Wildman–Crippen LogP) is 2.20. The summed E-state index contributed by atoms with van der Waals surface area (Å²) in [5.41, 5.74) is 5.10. The van der Waals surface area contributed by atoms with Crippen LogP contribution in [0.2, 0.25) is 0 Å². The second-order valence-electron chi connectivity index (χ2n) is 4.74. The monoisotopic (exact) mass is 290 g/mol. The van der Waals surface area contributed by atoms with Crippen LogP contribution in [0.4, 0.5) is 8.78 Å². The molecule has 1 aromatic carbocycles. The average Bonchev–Trinajstić information content (AvgIpc) is 2.70. The Bertz CT molecular complexity index is 450. The molecule has 0 aromatic heterocycles. The van der Waals surface area contributed by atoms with Gasteiger partial charge in [-0.2, -0.15) is 0 Å². The predicted molar refractivity (Wildman–Crippen MR) is 71.3 cm³/mol. The molecule has 0 aliphatic carbocycles. The standard InChI is InChI=1S/C13H16F2N2O.ClH/c1-8-5-9(6-16)7-17(8)13(18)12-10(14)3-2-4-11(12)15;/h2-4,8-9H,5-7,16H2,1H3;1H. The highest BCUT2D eigenvalue weighted by Gasteiger charge is 2.34. The van der Waals surface area contributed by atoms with E-state index in [0.717, 1.165) is 18.6 Å². The van der Waals surface area contributed by atoms with Gasteiger partial charge in [-0.25, -0.2) is 8.78 Å². The number of hydrogen-bond acceptors (Lipinski definition) is 2. The molecule has 2 N–H and O–H groups in total. The number of nitrogens with zero attached hydrogens (tertiary/aromatic N) is 1. The number of nitrogens with two attached hydrogens (primary N) is 1. The lowest BCUT2D eigenvalue weighted by molar-refractivity contribution is 0.0733. The zero-order valence-electron chi connectivity index (χ0n) is 10.6. The topological polar surface area (TPSA) is 46.3 Å². The zero-order valence-corrected chi connectivity index (χ0v) is 11.4. The van der Waals surface area contributed by atoms with Crippen molar-refractivity contribution in [2.75, 3.05) is 13.1 Å². The Labute approximate surface area is 117 Å².